The Morgan fingerprint density at radius 2 is 2.05 bits per heavy atom. The number of nitrogen functional groups attached to an aromatic ring is 1. The first-order valence-electron chi connectivity index (χ1n) is 6.05. The number of hydrogen-bond acceptors (Lipinski definition) is 6. The highest BCUT2D eigenvalue weighted by molar-refractivity contribution is 7.13. The van der Waals surface area contributed by atoms with Crippen LogP contribution in [0, 0.1) is 11.6 Å². The van der Waals surface area contributed by atoms with E-state index < -0.39 is 11.6 Å². The van der Waals surface area contributed by atoms with E-state index in [4.69, 9.17) is 10.3 Å². The summed E-state index contributed by atoms with van der Waals surface area (Å²) >= 11 is 1.33. The first-order chi connectivity index (χ1) is 10.1. The predicted octanol–water partition coefficient (Wildman–Crippen LogP) is 2.57. The molecule has 0 saturated heterocycles. The molecule has 3 aromatic rings. The highest BCUT2D eigenvalue weighted by atomic mass is 32.1. The topological polar surface area (TPSA) is 77.8 Å². The molecule has 0 radical (unpaired) electrons. The zero-order chi connectivity index (χ0) is 14.8. The van der Waals surface area contributed by atoms with Crippen molar-refractivity contribution in [1.29, 1.82) is 0 Å². The van der Waals surface area contributed by atoms with E-state index in [9.17, 15) is 8.78 Å². The molecule has 108 valence electrons. The molecule has 2 aromatic heterocycles. The Labute approximate surface area is 122 Å². The van der Waals surface area contributed by atoms with Crippen LogP contribution < -0.4 is 5.73 Å². The van der Waals surface area contributed by atoms with Crippen molar-refractivity contribution in [2.45, 2.75) is 12.8 Å². The van der Waals surface area contributed by atoms with Crippen molar-refractivity contribution in [3.8, 4) is 0 Å². The van der Waals surface area contributed by atoms with Gasteiger partial charge in [-0.3, -0.25) is 0 Å². The summed E-state index contributed by atoms with van der Waals surface area (Å²) in [5.41, 5.74) is 6.58. The third-order valence-electron chi connectivity index (χ3n) is 2.78. The number of nitrogens with two attached hydrogens (primary N) is 1. The molecule has 8 heteroatoms. The zero-order valence-electron chi connectivity index (χ0n) is 10.7. The standard InChI is InChI=1S/C13H10F2N4OS/c14-8-2-1-7(10(15)4-8)3-11-18-12(20-19-11)5-9-6-21-13(16)17-9/h1-2,4,6H,3,5H2,(H2,16,17). The third-order valence-corrected chi connectivity index (χ3v) is 3.50. The summed E-state index contributed by atoms with van der Waals surface area (Å²) in [5, 5.41) is 6.05. The van der Waals surface area contributed by atoms with Crippen molar-refractivity contribution >= 4 is 16.5 Å². The molecule has 5 nitrogen and oxygen atoms in total. The van der Waals surface area contributed by atoms with Crippen LogP contribution in [0.3, 0.4) is 0 Å². The lowest BCUT2D eigenvalue weighted by Crippen LogP contribution is -1.96. The smallest absolute Gasteiger partial charge is 0.232 e. The second-order valence-electron chi connectivity index (χ2n) is 4.37. The Morgan fingerprint density at radius 3 is 2.76 bits per heavy atom. The number of nitrogens with zero attached hydrogens (tertiary/aromatic N) is 3. The number of aromatic nitrogens is 3. The van der Waals surface area contributed by atoms with Crippen LogP contribution in [0.1, 0.15) is 23.0 Å². The normalized spacial score (nSPS) is 11.0. The number of halogens is 2. The van der Waals surface area contributed by atoms with Gasteiger partial charge in [-0.15, -0.1) is 11.3 Å². The molecule has 1 aromatic carbocycles. The fourth-order valence-electron chi connectivity index (χ4n) is 1.83. The van der Waals surface area contributed by atoms with Gasteiger partial charge in [0.1, 0.15) is 11.6 Å². The van der Waals surface area contributed by atoms with Gasteiger partial charge >= 0.3 is 0 Å². The van der Waals surface area contributed by atoms with Gasteiger partial charge in [-0.05, 0) is 11.6 Å². The molecular weight excluding hydrogens is 298 g/mol. The average molecular weight is 308 g/mol. The number of anilines is 1. The summed E-state index contributed by atoms with van der Waals surface area (Å²) in [7, 11) is 0. The molecule has 0 aliphatic carbocycles. The van der Waals surface area contributed by atoms with E-state index in [0.29, 0.717) is 28.8 Å². The lowest BCUT2D eigenvalue weighted by Gasteiger charge is -1.98. The molecule has 3 rings (SSSR count). The summed E-state index contributed by atoms with van der Waals surface area (Å²) in [6.07, 6.45) is 0.501. The molecule has 2 heterocycles. The van der Waals surface area contributed by atoms with Crippen molar-refractivity contribution < 1.29 is 13.3 Å². The summed E-state index contributed by atoms with van der Waals surface area (Å²) < 4.78 is 31.5. The molecule has 2 N–H and O–H groups in total. The maximum absolute atomic E-state index is 13.5. The third kappa shape index (κ3) is 3.22. The molecule has 0 spiro atoms. The van der Waals surface area contributed by atoms with Crippen LogP contribution in [0.4, 0.5) is 13.9 Å². The van der Waals surface area contributed by atoms with Gasteiger partial charge in [0.2, 0.25) is 5.89 Å². The minimum atomic E-state index is -0.631. The molecule has 0 amide bonds. The van der Waals surface area contributed by atoms with Gasteiger partial charge in [0, 0.05) is 17.9 Å². The Hall–Kier alpha value is -2.35. The number of benzene rings is 1. The quantitative estimate of drug-likeness (QED) is 0.801. The SMILES string of the molecule is Nc1nc(Cc2nc(Cc3ccc(F)cc3F)no2)cs1. The van der Waals surface area contributed by atoms with Crippen LogP contribution >= 0.6 is 11.3 Å². The van der Waals surface area contributed by atoms with Crippen molar-refractivity contribution in [1.82, 2.24) is 15.1 Å². The van der Waals surface area contributed by atoms with Crippen molar-refractivity contribution in [3.05, 3.63) is 58.2 Å². The minimum absolute atomic E-state index is 0.134. The minimum Gasteiger partial charge on any atom is -0.375 e. The van der Waals surface area contributed by atoms with Gasteiger partial charge in [-0.1, -0.05) is 11.2 Å². The van der Waals surface area contributed by atoms with Crippen LogP contribution in [-0.2, 0) is 12.8 Å². The number of rotatable bonds is 4. The average Bonchev–Trinajstić information content (AvgIpc) is 3.03. The van der Waals surface area contributed by atoms with Gasteiger partial charge < -0.3 is 10.3 Å². The fourth-order valence-corrected chi connectivity index (χ4v) is 2.39. The maximum atomic E-state index is 13.5. The number of thiazole rings is 1. The molecule has 0 aliphatic heterocycles. The highest BCUT2D eigenvalue weighted by Gasteiger charge is 2.12. The van der Waals surface area contributed by atoms with Gasteiger partial charge in [0.25, 0.3) is 0 Å². The van der Waals surface area contributed by atoms with E-state index in [-0.39, 0.29) is 6.42 Å². The Morgan fingerprint density at radius 1 is 1.19 bits per heavy atom. The molecule has 0 atom stereocenters. The fraction of sp³-hybridized carbons (Fsp3) is 0.154. The first kappa shape index (κ1) is 13.6. The zero-order valence-corrected chi connectivity index (χ0v) is 11.5. The molecule has 0 saturated carbocycles. The monoisotopic (exact) mass is 308 g/mol. The van der Waals surface area contributed by atoms with Crippen molar-refractivity contribution in [2.24, 2.45) is 0 Å². The van der Waals surface area contributed by atoms with Crippen LogP contribution in [-0.4, -0.2) is 15.1 Å². The van der Waals surface area contributed by atoms with Crippen molar-refractivity contribution in [3.63, 3.8) is 0 Å². The number of hydrogen-bond donors (Lipinski definition) is 1. The van der Waals surface area contributed by atoms with Crippen LogP contribution in [0.25, 0.3) is 0 Å². The van der Waals surface area contributed by atoms with Crippen LogP contribution in [0.15, 0.2) is 28.1 Å². The molecule has 0 bridgehead atoms. The maximum Gasteiger partial charge on any atom is 0.232 e. The summed E-state index contributed by atoms with van der Waals surface area (Å²) in [6.45, 7) is 0. The van der Waals surface area contributed by atoms with E-state index in [2.05, 4.69) is 15.1 Å². The van der Waals surface area contributed by atoms with Gasteiger partial charge in [-0.2, -0.15) is 4.98 Å². The Balaban J connectivity index is 1.72. The van der Waals surface area contributed by atoms with Crippen molar-refractivity contribution in [2.75, 3.05) is 5.73 Å². The second-order valence-corrected chi connectivity index (χ2v) is 5.26. The summed E-state index contributed by atoms with van der Waals surface area (Å²) in [6, 6.07) is 3.38. The van der Waals surface area contributed by atoms with E-state index in [1.165, 1.54) is 23.5 Å². The Bertz CT molecular complexity index is 771. The molecule has 0 unspecified atom stereocenters. The van der Waals surface area contributed by atoms with E-state index in [1.54, 1.807) is 5.38 Å². The summed E-state index contributed by atoms with van der Waals surface area (Å²) in [5.74, 6) is -0.545. The van der Waals surface area contributed by atoms with Crippen LogP contribution in [0.5, 0.6) is 0 Å². The largest absolute Gasteiger partial charge is 0.375 e. The lowest BCUT2D eigenvalue weighted by atomic mass is 10.1. The van der Waals surface area contributed by atoms with Gasteiger partial charge in [0.05, 0.1) is 12.1 Å². The Kier molecular flexibility index (Phi) is 3.61. The van der Waals surface area contributed by atoms with E-state index in [0.717, 1.165) is 11.8 Å². The van der Waals surface area contributed by atoms with Gasteiger partial charge in [-0.25, -0.2) is 13.8 Å². The lowest BCUT2D eigenvalue weighted by molar-refractivity contribution is 0.379. The second kappa shape index (κ2) is 5.57. The first-order valence-corrected chi connectivity index (χ1v) is 6.93. The highest BCUT2D eigenvalue weighted by Crippen LogP contribution is 2.16. The van der Waals surface area contributed by atoms with E-state index >= 15 is 0 Å². The molecular formula is C13H10F2N4OS. The molecule has 0 fully saturated rings. The van der Waals surface area contributed by atoms with Crippen LogP contribution in [0.2, 0.25) is 0 Å². The predicted molar refractivity (Wildman–Crippen MR) is 72.8 cm³/mol. The van der Waals surface area contributed by atoms with E-state index in [1.807, 2.05) is 0 Å². The molecule has 21 heavy (non-hydrogen) atoms. The van der Waals surface area contributed by atoms with Gasteiger partial charge in [0.15, 0.2) is 11.0 Å². The summed E-state index contributed by atoms with van der Waals surface area (Å²) in [4.78, 5) is 8.25. The molecule has 0 aliphatic rings.